The van der Waals surface area contributed by atoms with Crippen LogP contribution >= 0.6 is 0 Å². The van der Waals surface area contributed by atoms with Crippen LogP contribution in [0.2, 0.25) is 0 Å². The molecule has 4 saturated carbocycles. The zero-order chi connectivity index (χ0) is 41.0. The van der Waals surface area contributed by atoms with Crippen LogP contribution in [0.25, 0.3) is 0 Å². The normalized spacial score (nSPS) is 48.0. The largest absolute Gasteiger partial charge is 0.472 e. The lowest BCUT2D eigenvalue weighted by molar-refractivity contribution is -0.449. The SMILES string of the molecule is CC(=O)O[C@@H]1[C@H](OC(C)=O)[C@@](C)([C@@H](OC(C)=O)c2ccoc2)[C@H]2CC3(C(C)C)O[C@@H]4[C@@]5(OC(C)=O)[C@@H](OC(C)=O)[C@@]6(C)C[C@@]5(O)[C@]5(COC(=O)C[C@@H]65)[C@]1(O)[C@@]24O3. The summed E-state index contributed by atoms with van der Waals surface area (Å²) in [5, 5.41) is 28.4. The zero-order valence-electron chi connectivity index (χ0n) is 32.7. The van der Waals surface area contributed by atoms with Crippen LogP contribution in [0, 0.1) is 34.0 Å². The Bertz CT molecular complexity index is 1930. The van der Waals surface area contributed by atoms with Gasteiger partial charge in [0.1, 0.15) is 35.6 Å². The predicted molar refractivity (Wildman–Crippen MR) is 181 cm³/mol. The molecule has 17 nitrogen and oxygen atoms in total. The second kappa shape index (κ2) is 11.5. The third kappa shape index (κ3) is 4.05. The predicted octanol–water partition coefficient (Wildman–Crippen LogP) is 1.98. The maximum atomic E-state index is 14.5. The maximum absolute atomic E-state index is 14.5. The topological polar surface area (TPSA) is 230 Å². The second-order valence-corrected chi connectivity index (χ2v) is 17.7. The number of hydrogen-bond acceptors (Lipinski definition) is 17. The molecular weight excluding hydrogens is 740 g/mol. The average molecular weight is 789 g/mol. The minimum Gasteiger partial charge on any atom is -0.472 e. The average Bonchev–Trinajstić information content (AvgIpc) is 3.89. The summed E-state index contributed by atoms with van der Waals surface area (Å²) in [4.78, 5) is 80.1. The summed E-state index contributed by atoms with van der Waals surface area (Å²) in [7, 11) is 0. The fourth-order valence-corrected chi connectivity index (χ4v) is 13.4. The van der Waals surface area contributed by atoms with Crippen LogP contribution in [0.5, 0.6) is 0 Å². The van der Waals surface area contributed by atoms with E-state index in [0.29, 0.717) is 5.56 Å². The molecule has 0 amide bonds. The number of carbonyl (C=O) groups excluding carboxylic acids is 6. The first-order valence-corrected chi connectivity index (χ1v) is 18.9. The number of cyclic esters (lactones) is 1. The minimum atomic E-state index is -2.73. The summed E-state index contributed by atoms with van der Waals surface area (Å²) >= 11 is 0. The van der Waals surface area contributed by atoms with Gasteiger partial charge in [-0.15, -0.1) is 0 Å². The van der Waals surface area contributed by atoms with Crippen molar-refractivity contribution in [2.75, 3.05) is 6.61 Å². The number of furan rings is 1. The molecule has 2 N–H and O–H groups in total. The number of esters is 6. The molecule has 1 unspecified atom stereocenters. The van der Waals surface area contributed by atoms with E-state index in [1.165, 1.54) is 19.5 Å². The van der Waals surface area contributed by atoms with E-state index >= 15 is 0 Å². The van der Waals surface area contributed by atoms with Crippen LogP contribution in [-0.2, 0) is 66.7 Å². The highest BCUT2D eigenvalue weighted by molar-refractivity contribution is 5.75. The number of rotatable bonds is 8. The lowest BCUT2D eigenvalue weighted by Gasteiger charge is -2.77. The summed E-state index contributed by atoms with van der Waals surface area (Å²) in [5.74, 6) is -9.46. The lowest BCUT2D eigenvalue weighted by atomic mass is 9.32. The van der Waals surface area contributed by atoms with Gasteiger partial charge in [-0.25, -0.2) is 0 Å². The van der Waals surface area contributed by atoms with E-state index in [4.69, 9.17) is 42.3 Å². The number of carbonyl (C=O) groups is 6. The zero-order valence-corrected chi connectivity index (χ0v) is 32.7. The quantitative estimate of drug-likeness (QED) is 0.283. The third-order valence-electron chi connectivity index (χ3n) is 14.8. The van der Waals surface area contributed by atoms with Crippen LogP contribution in [-0.4, -0.2) is 105 Å². The molecule has 7 aliphatic rings. The second-order valence-electron chi connectivity index (χ2n) is 17.7. The van der Waals surface area contributed by atoms with Gasteiger partial charge in [-0.05, 0) is 18.4 Å². The molecule has 4 bridgehead atoms. The Hall–Kier alpha value is -4.06. The maximum Gasteiger partial charge on any atom is 0.306 e. The Morgan fingerprint density at radius 3 is 2.07 bits per heavy atom. The van der Waals surface area contributed by atoms with Crippen LogP contribution in [0.4, 0.5) is 0 Å². The van der Waals surface area contributed by atoms with Crippen molar-refractivity contribution in [3.8, 4) is 0 Å². The third-order valence-corrected chi connectivity index (χ3v) is 14.8. The van der Waals surface area contributed by atoms with Crippen molar-refractivity contribution in [1.29, 1.82) is 0 Å². The van der Waals surface area contributed by atoms with Gasteiger partial charge in [0.25, 0.3) is 0 Å². The van der Waals surface area contributed by atoms with Crippen molar-refractivity contribution in [2.24, 2.45) is 34.0 Å². The first kappa shape index (κ1) is 38.8. The molecule has 56 heavy (non-hydrogen) atoms. The molecule has 3 saturated heterocycles. The first-order chi connectivity index (χ1) is 26.0. The highest BCUT2D eigenvalue weighted by Gasteiger charge is 3.05. The standard InChI is InChI=1S/C39H48O17/c1-17(2)35-13-25-33(9,27(50-18(3)40)23-10-11-48-14-23)28(51-19(4)41)29(52-20(5)42)39(47)34-16-49-26(45)12-24(34)32(8)15-36(34,46)38(54-22(7)44,30(32)53-21(6)43)31(55-35)37(25,39)56-35/h10-11,14,17,24-25,27-31,46-47H,12-13,15-16H2,1-9H3/t24-,25+,27-,28-,29+,30-,31-,32-,33+,34+,35?,36+,37+,38-,39-/m0/s1. The van der Waals surface area contributed by atoms with Crippen LogP contribution < -0.4 is 0 Å². The molecule has 17 heteroatoms. The van der Waals surface area contributed by atoms with Gasteiger partial charge in [0.15, 0.2) is 24.1 Å². The number of ether oxygens (including phenoxy) is 8. The molecule has 4 heterocycles. The van der Waals surface area contributed by atoms with Gasteiger partial charge in [0.2, 0.25) is 5.60 Å². The fourth-order valence-electron chi connectivity index (χ4n) is 13.4. The molecule has 7 fully saturated rings. The fraction of sp³-hybridized carbons (Fsp3) is 0.744. The van der Waals surface area contributed by atoms with E-state index in [0.717, 1.165) is 27.7 Å². The van der Waals surface area contributed by atoms with Gasteiger partial charge in [-0.3, -0.25) is 28.8 Å². The van der Waals surface area contributed by atoms with Gasteiger partial charge in [-0.1, -0.05) is 27.7 Å². The Balaban J connectivity index is 1.56. The van der Waals surface area contributed by atoms with E-state index in [1.807, 2.05) is 0 Å². The number of hydrogen-bond donors (Lipinski definition) is 2. The molecule has 0 radical (unpaired) electrons. The highest BCUT2D eigenvalue weighted by Crippen LogP contribution is 2.88. The van der Waals surface area contributed by atoms with Crippen LogP contribution in [0.3, 0.4) is 0 Å². The van der Waals surface area contributed by atoms with Gasteiger partial charge >= 0.3 is 35.8 Å². The smallest absolute Gasteiger partial charge is 0.306 e. The van der Waals surface area contributed by atoms with Gasteiger partial charge in [0, 0.05) is 70.3 Å². The number of fused-ring (bicyclic) bond motifs is 4. The summed E-state index contributed by atoms with van der Waals surface area (Å²) in [5.41, 5.74) is -14.9. The Morgan fingerprint density at radius 2 is 1.52 bits per heavy atom. The Kier molecular flexibility index (Phi) is 7.99. The number of aliphatic hydroxyl groups is 2. The van der Waals surface area contributed by atoms with E-state index in [9.17, 15) is 39.0 Å². The van der Waals surface area contributed by atoms with Gasteiger partial charge < -0.3 is 52.5 Å². The van der Waals surface area contributed by atoms with E-state index in [1.54, 1.807) is 33.8 Å². The van der Waals surface area contributed by atoms with Crippen LogP contribution in [0.15, 0.2) is 23.0 Å². The Labute approximate surface area is 321 Å². The molecule has 15 atom stereocenters. The van der Waals surface area contributed by atoms with Crippen molar-refractivity contribution in [3.63, 3.8) is 0 Å². The van der Waals surface area contributed by atoms with Crippen LogP contribution in [0.1, 0.15) is 93.2 Å². The van der Waals surface area contributed by atoms with Crippen molar-refractivity contribution >= 4 is 35.8 Å². The highest BCUT2D eigenvalue weighted by atomic mass is 16.8. The summed E-state index contributed by atoms with van der Waals surface area (Å²) in [6, 6.07) is 1.55. The molecule has 8 rings (SSSR count). The van der Waals surface area contributed by atoms with Gasteiger partial charge in [0.05, 0.1) is 23.4 Å². The van der Waals surface area contributed by atoms with E-state index < -0.39 is 142 Å². The lowest BCUT2D eigenvalue weighted by Crippen LogP contribution is -2.98. The van der Waals surface area contributed by atoms with E-state index in [-0.39, 0.29) is 12.8 Å². The molecule has 0 aromatic carbocycles. The summed E-state index contributed by atoms with van der Waals surface area (Å²) < 4.78 is 56.7. The Morgan fingerprint density at radius 1 is 0.875 bits per heavy atom. The molecule has 1 aromatic heterocycles. The minimum absolute atomic E-state index is 0.0786. The molecule has 4 aliphatic carbocycles. The van der Waals surface area contributed by atoms with E-state index in [2.05, 4.69) is 0 Å². The molecule has 3 aliphatic heterocycles. The van der Waals surface area contributed by atoms with Crippen molar-refractivity contribution in [2.45, 2.75) is 140 Å². The van der Waals surface area contributed by atoms with Crippen molar-refractivity contribution in [3.05, 3.63) is 24.2 Å². The first-order valence-electron chi connectivity index (χ1n) is 18.9. The summed E-state index contributed by atoms with van der Waals surface area (Å²) in [6.45, 7) is 11.8. The molecule has 306 valence electrons. The molecular formula is C39H48O17. The molecule has 1 aromatic rings. The summed E-state index contributed by atoms with van der Waals surface area (Å²) in [6.07, 6.45) is -6.37. The monoisotopic (exact) mass is 788 g/mol. The van der Waals surface area contributed by atoms with Crippen molar-refractivity contribution < 1.29 is 81.3 Å². The van der Waals surface area contributed by atoms with Crippen molar-refractivity contribution in [1.82, 2.24) is 0 Å². The van der Waals surface area contributed by atoms with Gasteiger partial charge in [-0.2, -0.15) is 0 Å². The molecule has 2 spiro atoms.